The lowest BCUT2D eigenvalue weighted by Gasteiger charge is -2.13. The van der Waals surface area contributed by atoms with E-state index in [9.17, 15) is 13.2 Å². The predicted molar refractivity (Wildman–Crippen MR) is 73.3 cm³/mol. The molecule has 1 N–H and O–H groups in total. The first-order valence-corrected chi connectivity index (χ1v) is 6.23. The van der Waals surface area contributed by atoms with Gasteiger partial charge >= 0.3 is 6.18 Å². The van der Waals surface area contributed by atoms with Gasteiger partial charge in [-0.05, 0) is 23.3 Å². The van der Waals surface area contributed by atoms with Crippen molar-refractivity contribution in [3.63, 3.8) is 0 Å². The van der Waals surface area contributed by atoms with Gasteiger partial charge in [-0.2, -0.15) is 13.2 Å². The van der Waals surface area contributed by atoms with Crippen LogP contribution in [0.3, 0.4) is 0 Å². The van der Waals surface area contributed by atoms with Crippen LogP contribution in [0.1, 0.15) is 16.7 Å². The maximum atomic E-state index is 13.0. The Kier molecular flexibility index (Phi) is 3.12. The fourth-order valence-electron chi connectivity index (χ4n) is 2.23. The molecule has 0 bridgehead atoms. The zero-order valence-corrected chi connectivity index (χ0v) is 11.1. The van der Waals surface area contributed by atoms with Crippen molar-refractivity contribution in [3.05, 3.63) is 41.2 Å². The molecule has 0 aliphatic carbocycles. The third kappa shape index (κ3) is 2.46. The second-order valence-corrected chi connectivity index (χ2v) is 4.61. The average Bonchev–Trinajstić information content (AvgIpc) is 2.94. The van der Waals surface area contributed by atoms with Crippen molar-refractivity contribution in [3.8, 4) is 11.1 Å². The molecule has 1 aliphatic heterocycles. The molecule has 1 aliphatic rings. The number of nitrogens with zero attached hydrogens (tertiary/aromatic N) is 3. The number of alkyl halides is 3. The van der Waals surface area contributed by atoms with Gasteiger partial charge in [0.05, 0.1) is 12.1 Å². The van der Waals surface area contributed by atoms with E-state index in [1.807, 2.05) is 0 Å². The fraction of sp³-hybridized carbons (Fsp3) is 0.214. The van der Waals surface area contributed by atoms with Crippen LogP contribution in [0, 0.1) is 0 Å². The van der Waals surface area contributed by atoms with Gasteiger partial charge in [-0.3, -0.25) is 4.99 Å². The van der Waals surface area contributed by atoms with E-state index in [0.717, 1.165) is 12.1 Å². The Balaban J connectivity index is 2.16. The van der Waals surface area contributed by atoms with E-state index in [-0.39, 0.29) is 6.54 Å². The molecule has 0 fully saturated rings. The van der Waals surface area contributed by atoms with Crippen molar-refractivity contribution in [2.24, 2.45) is 4.99 Å². The number of hydrogen-bond donors (Lipinski definition) is 1. The summed E-state index contributed by atoms with van der Waals surface area (Å²) < 4.78 is 39.0. The third-order valence-electron chi connectivity index (χ3n) is 3.26. The van der Waals surface area contributed by atoms with E-state index < -0.39 is 11.7 Å². The molecule has 108 valence electrons. The maximum Gasteiger partial charge on any atom is 0.416 e. The average molecular weight is 292 g/mol. The van der Waals surface area contributed by atoms with E-state index in [4.69, 9.17) is 0 Å². The lowest BCUT2D eigenvalue weighted by atomic mass is 9.95. The van der Waals surface area contributed by atoms with E-state index in [0.29, 0.717) is 28.2 Å². The monoisotopic (exact) mass is 292 g/mol. The van der Waals surface area contributed by atoms with Gasteiger partial charge in [0, 0.05) is 36.8 Å². The molecule has 7 heteroatoms. The quantitative estimate of drug-likeness (QED) is 0.925. The van der Waals surface area contributed by atoms with Crippen molar-refractivity contribution in [1.29, 1.82) is 0 Å². The number of aliphatic imine (C=N–C) groups is 1. The van der Waals surface area contributed by atoms with Crippen molar-refractivity contribution < 1.29 is 13.2 Å². The molecule has 0 atom stereocenters. The number of halogens is 3. The van der Waals surface area contributed by atoms with Gasteiger partial charge in [0.25, 0.3) is 0 Å². The summed E-state index contributed by atoms with van der Waals surface area (Å²) in [5, 5.41) is 2.77. The fourth-order valence-corrected chi connectivity index (χ4v) is 2.23. The summed E-state index contributed by atoms with van der Waals surface area (Å²) in [5.74, 6) is 0.413. The zero-order chi connectivity index (χ0) is 15.0. The topological polar surface area (TPSA) is 50.2 Å². The minimum atomic E-state index is -4.39. The second kappa shape index (κ2) is 4.83. The molecule has 0 saturated heterocycles. The molecular formula is C14H11F3N4. The van der Waals surface area contributed by atoms with Crippen LogP contribution < -0.4 is 5.32 Å². The molecular weight excluding hydrogens is 281 g/mol. The van der Waals surface area contributed by atoms with E-state index >= 15 is 0 Å². The highest BCUT2D eigenvalue weighted by Gasteiger charge is 2.32. The second-order valence-electron chi connectivity index (χ2n) is 4.61. The number of nitrogens with one attached hydrogen (secondary N) is 1. The first kappa shape index (κ1) is 13.5. The third-order valence-corrected chi connectivity index (χ3v) is 3.26. The van der Waals surface area contributed by atoms with Crippen LogP contribution in [0.4, 0.5) is 19.1 Å². The van der Waals surface area contributed by atoms with Crippen molar-refractivity contribution in [2.45, 2.75) is 12.7 Å². The van der Waals surface area contributed by atoms with Crippen LogP contribution in [0.15, 0.2) is 29.5 Å². The number of benzene rings is 1. The molecule has 0 spiro atoms. The Bertz CT molecular complexity index is 705. The Labute approximate surface area is 118 Å². The standard InChI is InChI=1S/C14H11F3N4/c1-18-13-20-5-9(6-21-13)11-3-10(14(15,16)17)2-8-4-19-7-12(8)11/h2-3,5-7H,4H2,1H3,(H,18,20,21). The highest BCUT2D eigenvalue weighted by molar-refractivity contribution is 5.94. The van der Waals surface area contributed by atoms with E-state index in [1.54, 1.807) is 13.3 Å². The summed E-state index contributed by atoms with van der Waals surface area (Å²) in [6.45, 7) is 0.266. The summed E-state index contributed by atoms with van der Waals surface area (Å²) in [4.78, 5) is 12.1. The largest absolute Gasteiger partial charge is 0.416 e. The molecule has 2 aromatic rings. The lowest BCUT2D eigenvalue weighted by Crippen LogP contribution is -2.07. The highest BCUT2D eigenvalue weighted by atomic mass is 19.4. The first-order chi connectivity index (χ1) is 9.99. The van der Waals surface area contributed by atoms with Crippen molar-refractivity contribution >= 4 is 12.2 Å². The van der Waals surface area contributed by atoms with Crippen LogP contribution in [0.2, 0.25) is 0 Å². The van der Waals surface area contributed by atoms with Crippen LogP contribution in [0.25, 0.3) is 11.1 Å². The molecule has 0 radical (unpaired) electrons. The van der Waals surface area contributed by atoms with Crippen LogP contribution in [-0.2, 0) is 12.7 Å². The number of anilines is 1. The number of hydrogen-bond acceptors (Lipinski definition) is 4. The van der Waals surface area contributed by atoms with Gasteiger partial charge in [-0.1, -0.05) is 0 Å². The smallest absolute Gasteiger partial charge is 0.357 e. The van der Waals surface area contributed by atoms with Crippen molar-refractivity contribution in [2.75, 3.05) is 12.4 Å². The van der Waals surface area contributed by atoms with Crippen LogP contribution in [-0.4, -0.2) is 23.2 Å². The minimum absolute atomic E-state index is 0.266. The molecule has 1 aromatic heterocycles. The zero-order valence-electron chi connectivity index (χ0n) is 11.1. The summed E-state index contributed by atoms with van der Waals surface area (Å²) in [6.07, 6.45) is 0.205. The summed E-state index contributed by atoms with van der Waals surface area (Å²) >= 11 is 0. The predicted octanol–water partition coefficient (Wildman–Crippen LogP) is 3.14. The molecule has 2 heterocycles. The highest BCUT2D eigenvalue weighted by Crippen LogP contribution is 2.36. The molecule has 0 unspecified atom stereocenters. The number of fused-ring (bicyclic) bond motifs is 1. The molecule has 4 nitrogen and oxygen atoms in total. The van der Waals surface area contributed by atoms with Gasteiger partial charge in [-0.25, -0.2) is 9.97 Å². The van der Waals surface area contributed by atoms with Gasteiger partial charge in [0.1, 0.15) is 0 Å². The number of aromatic nitrogens is 2. The first-order valence-electron chi connectivity index (χ1n) is 6.23. The molecule has 3 rings (SSSR count). The van der Waals surface area contributed by atoms with Crippen molar-refractivity contribution in [1.82, 2.24) is 9.97 Å². The van der Waals surface area contributed by atoms with Crippen LogP contribution in [0.5, 0.6) is 0 Å². The lowest BCUT2D eigenvalue weighted by molar-refractivity contribution is -0.137. The Morgan fingerprint density at radius 1 is 1.14 bits per heavy atom. The molecule has 21 heavy (non-hydrogen) atoms. The van der Waals surface area contributed by atoms with E-state index in [1.165, 1.54) is 12.4 Å². The number of rotatable bonds is 2. The summed E-state index contributed by atoms with van der Waals surface area (Å²) in [7, 11) is 1.67. The van der Waals surface area contributed by atoms with Crippen LogP contribution >= 0.6 is 0 Å². The Morgan fingerprint density at radius 3 is 2.48 bits per heavy atom. The SMILES string of the molecule is CNc1ncc(-c2cc(C(F)(F)F)cc3c2C=NC3)cn1. The summed E-state index contributed by atoms with van der Waals surface area (Å²) in [6, 6.07) is 2.27. The maximum absolute atomic E-state index is 13.0. The van der Waals surface area contributed by atoms with E-state index in [2.05, 4.69) is 20.3 Å². The summed E-state index contributed by atoms with van der Waals surface area (Å²) in [5.41, 5.74) is 1.56. The molecule has 0 saturated carbocycles. The van der Waals surface area contributed by atoms with Gasteiger partial charge in [0.15, 0.2) is 0 Å². The molecule has 0 amide bonds. The minimum Gasteiger partial charge on any atom is -0.357 e. The van der Waals surface area contributed by atoms with Gasteiger partial charge < -0.3 is 5.32 Å². The Hall–Kier alpha value is -2.44. The molecule has 1 aromatic carbocycles. The Morgan fingerprint density at radius 2 is 1.86 bits per heavy atom. The normalized spacial score (nSPS) is 13.3. The van der Waals surface area contributed by atoms with Gasteiger partial charge in [-0.15, -0.1) is 0 Å². The van der Waals surface area contributed by atoms with Gasteiger partial charge in [0.2, 0.25) is 5.95 Å².